The number of hydrogen-bond donors (Lipinski definition) is 1. The number of hydrogen-bond acceptors (Lipinski definition) is 5. The van der Waals surface area contributed by atoms with Crippen LogP contribution in [0.4, 0.5) is 0 Å². The number of aromatic nitrogens is 2. The molecule has 2 rings (SSSR count). The summed E-state index contributed by atoms with van der Waals surface area (Å²) in [5, 5.41) is 11.6. The van der Waals surface area contributed by atoms with Crippen molar-refractivity contribution in [3.8, 4) is 5.75 Å². The van der Waals surface area contributed by atoms with E-state index in [0.29, 0.717) is 12.4 Å². The summed E-state index contributed by atoms with van der Waals surface area (Å²) in [5.41, 5.74) is 0.858. The van der Waals surface area contributed by atoms with Crippen molar-refractivity contribution < 1.29 is 14.6 Å². The van der Waals surface area contributed by atoms with Crippen molar-refractivity contribution in [2.45, 2.75) is 13.5 Å². The fourth-order valence-electron chi connectivity index (χ4n) is 1.22. The minimum absolute atomic E-state index is 0.00172. The SMILES string of the molecule is Cc1nc(COc2ccc(C(=O)O)nc2)cs1. The molecular formula is C11H10N2O3S. The summed E-state index contributed by atoms with van der Waals surface area (Å²) in [5.74, 6) is -0.521. The van der Waals surface area contributed by atoms with Crippen LogP contribution in [0.5, 0.6) is 5.75 Å². The van der Waals surface area contributed by atoms with Gasteiger partial charge >= 0.3 is 5.97 Å². The Balaban J connectivity index is 1.97. The minimum Gasteiger partial charge on any atom is -0.486 e. The number of pyridine rings is 1. The molecule has 2 aromatic heterocycles. The number of carbonyl (C=O) groups is 1. The summed E-state index contributed by atoms with van der Waals surface area (Å²) in [6.07, 6.45) is 1.39. The third-order valence-corrected chi connectivity index (χ3v) is 2.83. The molecule has 0 fully saturated rings. The second-order valence-corrected chi connectivity index (χ2v) is 4.39. The Kier molecular flexibility index (Phi) is 3.34. The van der Waals surface area contributed by atoms with E-state index in [1.165, 1.54) is 12.3 Å². The molecule has 1 N–H and O–H groups in total. The molecule has 0 saturated heterocycles. The van der Waals surface area contributed by atoms with E-state index in [9.17, 15) is 4.79 Å². The van der Waals surface area contributed by atoms with Gasteiger partial charge in [0.2, 0.25) is 0 Å². The standard InChI is InChI=1S/C11H10N2O3S/c1-7-13-8(6-17-7)5-16-9-2-3-10(11(14)15)12-4-9/h2-4,6H,5H2,1H3,(H,14,15). The number of rotatable bonds is 4. The molecule has 2 aromatic rings. The van der Waals surface area contributed by atoms with Crippen LogP contribution in [-0.2, 0) is 6.61 Å². The van der Waals surface area contributed by atoms with E-state index in [4.69, 9.17) is 9.84 Å². The molecule has 6 heteroatoms. The Morgan fingerprint density at radius 3 is 2.88 bits per heavy atom. The first-order chi connectivity index (χ1) is 8.15. The minimum atomic E-state index is -1.05. The number of thiazole rings is 1. The largest absolute Gasteiger partial charge is 0.486 e. The highest BCUT2D eigenvalue weighted by atomic mass is 32.1. The third kappa shape index (κ3) is 3.01. The zero-order chi connectivity index (χ0) is 12.3. The lowest BCUT2D eigenvalue weighted by molar-refractivity contribution is 0.0690. The normalized spacial score (nSPS) is 10.2. The van der Waals surface area contributed by atoms with E-state index >= 15 is 0 Å². The van der Waals surface area contributed by atoms with Crippen molar-refractivity contribution in [3.63, 3.8) is 0 Å². The Hall–Kier alpha value is -1.95. The lowest BCUT2D eigenvalue weighted by Crippen LogP contribution is -2.01. The third-order valence-electron chi connectivity index (χ3n) is 2.01. The lowest BCUT2D eigenvalue weighted by atomic mass is 10.3. The highest BCUT2D eigenvalue weighted by molar-refractivity contribution is 7.09. The van der Waals surface area contributed by atoms with Crippen LogP contribution >= 0.6 is 11.3 Å². The maximum atomic E-state index is 10.6. The van der Waals surface area contributed by atoms with Crippen molar-refractivity contribution in [1.82, 2.24) is 9.97 Å². The summed E-state index contributed by atoms with van der Waals surface area (Å²) in [4.78, 5) is 18.6. The van der Waals surface area contributed by atoms with Gasteiger partial charge in [0.15, 0.2) is 0 Å². The molecule has 5 nitrogen and oxygen atoms in total. The highest BCUT2D eigenvalue weighted by Crippen LogP contribution is 2.13. The van der Waals surface area contributed by atoms with Crippen LogP contribution in [0.2, 0.25) is 0 Å². The van der Waals surface area contributed by atoms with E-state index < -0.39 is 5.97 Å². The smallest absolute Gasteiger partial charge is 0.354 e. The van der Waals surface area contributed by atoms with Gasteiger partial charge in [-0.2, -0.15) is 0 Å². The van der Waals surface area contributed by atoms with Gasteiger partial charge < -0.3 is 9.84 Å². The molecule has 0 aliphatic rings. The predicted octanol–water partition coefficient (Wildman–Crippen LogP) is 2.12. The zero-order valence-corrected chi connectivity index (χ0v) is 9.90. The van der Waals surface area contributed by atoms with Crippen molar-refractivity contribution >= 4 is 17.3 Å². The highest BCUT2D eigenvalue weighted by Gasteiger charge is 2.04. The van der Waals surface area contributed by atoms with Crippen molar-refractivity contribution in [1.29, 1.82) is 0 Å². The second-order valence-electron chi connectivity index (χ2n) is 3.33. The van der Waals surface area contributed by atoms with Gasteiger partial charge in [0.05, 0.1) is 16.9 Å². The average molecular weight is 250 g/mol. The van der Waals surface area contributed by atoms with Crippen LogP contribution < -0.4 is 4.74 Å². The first kappa shape index (κ1) is 11.5. The molecule has 0 amide bonds. The van der Waals surface area contributed by atoms with Gasteiger partial charge in [-0.15, -0.1) is 11.3 Å². The van der Waals surface area contributed by atoms with E-state index in [-0.39, 0.29) is 5.69 Å². The van der Waals surface area contributed by atoms with E-state index in [1.807, 2.05) is 12.3 Å². The molecule has 0 atom stereocenters. The van der Waals surface area contributed by atoms with Crippen LogP contribution in [0.25, 0.3) is 0 Å². The van der Waals surface area contributed by atoms with Crippen LogP contribution in [0.15, 0.2) is 23.7 Å². The summed E-state index contributed by atoms with van der Waals surface area (Å²) in [6, 6.07) is 2.99. The Morgan fingerprint density at radius 1 is 1.53 bits per heavy atom. The molecule has 0 aliphatic carbocycles. The van der Waals surface area contributed by atoms with Crippen molar-refractivity contribution in [2.75, 3.05) is 0 Å². The Labute approximate surface area is 102 Å². The summed E-state index contributed by atoms with van der Waals surface area (Å²) >= 11 is 1.56. The topological polar surface area (TPSA) is 72.3 Å². The summed E-state index contributed by atoms with van der Waals surface area (Å²) < 4.78 is 5.43. The van der Waals surface area contributed by atoms with Crippen LogP contribution in [-0.4, -0.2) is 21.0 Å². The van der Waals surface area contributed by atoms with Gasteiger partial charge in [-0.25, -0.2) is 14.8 Å². The fraction of sp³-hybridized carbons (Fsp3) is 0.182. The Morgan fingerprint density at radius 2 is 2.35 bits per heavy atom. The first-order valence-corrected chi connectivity index (χ1v) is 5.76. The first-order valence-electron chi connectivity index (χ1n) is 4.88. The van der Waals surface area contributed by atoms with Crippen LogP contribution in [0, 0.1) is 6.92 Å². The average Bonchev–Trinajstić information content (AvgIpc) is 2.73. The number of carboxylic acids is 1. The number of ether oxygens (including phenoxy) is 1. The molecule has 17 heavy (non-hydrogen) atoms. The van der Waals surface area contributed by atoms with Crippen molar-refractivity contribution in [2.24, 2.45) is 0 Å². The maximum Gasteiger partial charge on any atom is 0.354 e. The summed E-state index contributed by atoms with van der Waals surface area (Å²) in [6.45, 7) is 2.29. The molecule has 0 aromatic carbocycles. The monoisotopic (exact) mass is 250 g/mol. The summed E-state index contributed by atoms with van der Waals surface area (Å²) in [7, 11) is 0. The number of nitrogens with zero attached hydrogens (tertiary/aromatic N) is 2. The van der Waals surface area contributed by atoms with Gasteiger partial charge in [-0.05, 0) is 19.1 Å². The van der Waals surface area contributed by atoms with Gasteiger partial charge in [0.25, 0.3) is 0 Å². The second kappa shape index (κ2) is 4.92. The molecule has 0 unspecified atom stereocenters. The number of carboxylic acid groups (broad SMARTS) is 1. The molecule has 0 saturated carbocycles. The van der Waals surface area contributed by atoms with Crippen LogP contribution in [0.1, 0.15) is 21.2 Å². The molecule has 0 radical (unpaired) electrons. The molecule has 0 spiro atoms. The fourth-order valence-corrected chi connectivity index (χ4v) is 1.82. The quantitative estimate of drug-likeness (QED) is 0.899. The van der Waals surface area contributed by atoms with Gasteiger partial charge in [-0.1, -0.05) is 0 Å². The van der Waals surface area contributed by atoms with Gasteiger partial charge in [-0.3, -0.25) is 0 Å². The molecular weight excluding hydrogens is 240 g/mol. The van der Waals surface area contributed by atoms with E-state index in [2.05, 4.69) is 9.97 Å². The molecule has 88 valence electrons. The van der Waals surface area contributed by atoms with Gasteiger partial charge in [0.1, 0.15) is 18.1 Å². The lowest BCUT2D eigenvalue weighted by Gasteiger charge is -2.03. The molecule has 2 heterocycles. The maximum absolute atomic E-state index is 10.6. The van der Waals surface area contributed by atoms with Gasteiger partial charge in [0, 0.05) is 5.38 Å². The zero-order valence-electron chi connectivity index (χ0n) is 9.08. The molecule has 0 bridgehead atoms. The predicted molar refractivity (Wildman–Crippen MR) is 62.4 cm³/mol. The van der Waals surface area contributed by atoms with E-state index in [1.54, 1.807) is 17.4 Å². The number of aromatic carboxylic acids is 1. The number of aryl methyl sites for hydroxylation is 1. The molecule has 0 aliphatic heterocycles. The van der Waals surface area contributed by atoms with Crippen molar-refractivity contribution in [3.05, 3.63) is 40.1 Å². The van der Waals surface area contributed by atoms with E-state index in [0.717, 1.165) is 10.7 Å². The Bertz CT molecular complexity index is 522. The van der Waals surface area contributed by atoms with Crippen LogP contribution in [0.3, 0.4) is 0 Å².